The molecule has 2 amide bonds. The Morgan fingerprint density at radius 1 is 1.11 bits per heavy atom. The molecule has 0 aliphatic heterocycles. The van der Waals surface area contributed by atoms with E-state index in [0.29, 0.717) is 31.5 Å². The summed E-state index contributed by atoms with van der Waals surface area (Å²) >= 11 is 0. The van der Waals surface area contributed by atoms with Gasteiger partial charge >= 0.3 is 6.09 Å². The number of hydrogen-bond donors (Lipinski definition) is 4. The lowest BCUT2D eigenvalue weighted by molar-refractivity contribution is -0.121. The van der Waals surface area contributed by atoms with Crippen LogP contribution < -0.4 is 21.3 Å². The molecule has 27 heavy (non-hydrogen) atoms. The normalized spacial score (nSPS) is 15.1. The fraction of sp³-hybridized carbons (Fsp3) is 0.842. The first kappa shape index (κ1) is 23.0. The topological polar surface area (TPSA) is 104 Å². The van der Waals surface area contributed by atoms with Crippen LogP contribution in [0.2, 0.25) is 0 Å². The molecule has 1 aliphatic carbocycles. The highest BCUT2D eigenvalue weighted by atomic mass is 16.6. The second-order valence-corrected chi connectivity index (χ2v) is 8.58. The summed E-state index contributed by atoms with van der Waals surface area (Å²) in [5.74, 6) is 0.781. The number of ether oxygens (including phenoxy) is 1. The van der Waals surface area contributed by atoms with E-state index in [0.717, 1.165) is 25.8 Å². The zero-order valence-electron chi connectivity index (χ0n) is 17.7. The maximum absolute atomic E-state index is 11.9. The van der Waals surface area contributed by atoms with Crippen LogP contribution in [0.1, 0.15) is 67.2 Å². The maximum atomic E-state index is 11.9. The molecule has 0 aromatic rings. The molecular formula is C19H37N5O3. The van der Waals surface area contributed by atoms with Crippen molar-refractivity contribution >= 4 is 18.0 Å². The highest BCUT2D eigenvalue weighted by Crippen LogP contribution is 2.18. The van der Waals surface area contributed by atoms with Crippen LogP contribution in [0.25, 0.3) is 0 Å². The maximum Gasteiger partial charge on any atom is 0.408 e. The Bertz CT molecular complexity index is 522. The zero-order valence-corrected chi connectivity index (χ0v) is 17.7. The third-order valence-electron chi connectivity index (χ3n) is 3.63. The second kappa shape index (κ2) is 10.4. The van der Waals surface area contributed by atoms with Gasteiger partial charge in [-0.2, -0.15) is 0 Å². The number of hydrogen-bond acceptors (Lipinski definition) is 4. The summed E-state index contributed by atoms with van der Waals surface area (Å²) in [6, 6.07) is 0.407. The molecule has 1 rings (SSSR count). The van der Waals surface area contributed by atoms with Gasteiger partial charge in [-0.25, -0.2) is 4.79 Å². The third-order valence-corrected chi connectivity index (χ3v) is 3.63. The van der Waals surface area contributed by atoms with E-state index in [2.05, 4.69) is 26.3 Å². The van der Waals surface area contributed by atoms with E-state index in [9.17, 15) is 9.59 Å². The molecule has 0 atom stereocenters. The Morgan fingerprint density at radius 2 is 1.78 bits per heavy atom. The van der Waals surface area contributed by atoms with Gasteiger partial charge in [0.15, 0.2) is 5.96 Å². The van der Waals surface area contributed by atoms with Crippen molar-refractivity contribution in [2.45, 2.75) is 84.4 Å². The summed E-state index contributed by atoms with van der Waals surface area (Å²) in [7, 11) is 0. The van der Waals surface area contributed by atoms with Crippen LogP contribution in [0.4, 0.5) is 4.79 Å². The molecule has 8 nitrogen and oxygen atoms in total. The van der Waals surface area contributed by atoms with E-state index >= 15 is 0 Å². The van der Waals surface area contributed by atoms with E-state index < -0.39 is 17.2 Å². The summed E-state index contributed by atoms with van der Waals surface area (Å²) in [5, 5.41) is 12.2. The van der Waals surface area contributed by atoms with Gasteiger partial charge in [-0.05, 0) is 60.8 Å². The van der Waals surface area contributed by atoms with Crippen molar-refractivity contribution in [3.05, 3.63) is 0 Å². The fourth-order valence-electron chi connectivity index (χ4n) is 2.22. The first-order valence-electron chi connectivity index (χ1n) is 9.83. The van der Waals surface area contributed by atoms with Gasteiger partial charge in [0.05, 0.1) is 12.1 Å². The molecule has 1 aliphatic rings. The number of carbonyl (C=O) groups is 2. The fourth-order valence-corrected chi connectivity index (χ4v) is 2.22. The number of aliphatic imine (C=N–C) groups is 1. The Kier molecular flexibility index (Phi) is 8.85. The van der Waals surface area contributed by atoms with Gasteiger partial charge in [0.2, 0.25) is 5.91 Å². The minimum absolute atomic E-state index is 0.115. The summed E-state index contributed by atoms with van der Waals surface area (Å²) in [5.41, 5.74) is -1.08. The first-order valence-corrected chi connectivity index (χ1v) is 9.83. The number of alkyl carbamates (subject to hydrolysis) is 1. The molecule has 0 aromatic heterocycles. The minimum Gasteiger partial charge on any atom is -0.444 e. The van der Waals surface area contributed by atoms with Crippen molar-refractivity contribution in [1.29, 1.82) is 0 Å². The Labute approximate surface area is 163 Å². The van der Waals surface area contributed by atoms with Crippen LogP contribution in [0.5, 0.6) is 0 Å². The molecule has 0 unspecified atom stereocenters. The summed E-state index contributed by atoms with van der Waals surface area (Å²) in [4.78, 5) is 28.2. The monoisotopic (exact) mass is 383 g/mol. The SMILES string of the molecule is CCNC(=NCC(C)(C)NC(=O)OC(C)(C)C)NCCCC(=O)NC1CC1. The highest BCUT2D eigenvalue weighted by molar-refractivity contribution is 5.80. The van der Waals surface area contributed by atoms with Crippen molar-refractivity contribution < 1.29 is 14.3 Å². The standard InChI is InChI=1S/C19H37N5O3/c1-7-20-16(21-12-8-9-15(25)23-14-10-11-14)22-13-19(5,6)24-17(26)27-18(2,3)4/h14H,7-13H2,1-6H3,(H,23,25)(H,24,26)(H2,20,21,22). The summed E-state index contributed by atoms with van der Waals surface area (Å²) in [6.45, 7) is 13.0. The van der Waals surface area contributed by atoms with Gasteiger partial charge in [0.25, 0.3) is 0 Å². The third kappa shape index (κ3) is 12.1. The van der Waals surface area contributed by atoms with Crippen LogP contribution in [0.15, 0.2) is 4.99 Å². The number of nitrogens with one attached hydrogen (secondary N) is 4. The lowest BCUT2D eigenvalue weighted by Crippen LogP contribution is -2.49. The van der Waals surface area contributed by atoms with Crippen molar-refractivity contribution in [1.82, 2.24) is 21.3 Å². The predicted molar refractivity (Wildman–Crippen MR) is 108 cm³/mol. The van der Waals surface area contributed by atoms with Gasteiger partial charge in [0, 0.05) is 25.6 Å². The van der Waals surface area contributed by atoms with Gasteiger partial charge < -0.3 is 26.0 Å². The average molecular weight is 384 g/mol. The highest BCUT2D eigenvalue weighted by Gasteiger charge is 2.25. The molecule has 0 bridgehead atoms. The van der Waals surface area contributed by atoms with Crippen LogP contribution in [-0.4, -0.2) is 54.8 Å². The quantitative estimate of drug-likeness (QED) is 0.277. The second-order valence-electron chi connectivity index (χ2n) is 8.58. The molecule has 0 aromatic carbocycles. The molecule has 1 fully saturated rings. The Balaban J connectivity index is 2.38. The lowest BCUT2D eigenvalue weighted by atomic mass is 10.1. The molecule has 4 N–H and O–H groups in total. The number of nitrogens with zero attached hydrogens (tertiary/aromatic N) is 1. The van der Waals surface area contributed by atoms with Crippen molar-refractivity contribution in [3.8, 4) is 0 Å². The largest absolute Gasteiger partial charge is 0.444 e. The van der Waals surface area contributed by atoms with Gasteiger partial charge in [0.1, 0.15) is 5.60 Å². The van der Waals surface area contributed by atoms with E-state index in [1.54, 1.807) is 0 Å². The molecule has 8 heteroatoms. The smallest absolute Gasteiger partial charge is 0.408 e. The van der Waals surface area contributed by atoms with Crippen molar-refractivity contribution in [3.63, 3.8) is 0 Å². The van der Waals surface area contributed by atoms with Crippen LogP contribution in [0, 0.1) is 0 Å². The number of amides is 2. The van der Waals surface area contributed by atoms with Gasteiger partial charge in [-0.15, -0.1) is 0 Å². The van der Waals surface area contributed by atoms with E-state index in [1.807, 2.05) is 41.5 Å². The molecule has 0 spiro atoms. The molecule has 0 heterocycles. The first-order chi connectivity index (χ1) is 12.5. The molecule has 0 radical (unpaired) electrons. The molecule has 156 valence electrons. The number of carbonyl (C=O) groups excluding carboxylic acids is 2. The number of guanidine groups is 1. The predicted octanol–water partition coefficient (Wildman–Crippen LogP) is 1.90. The van der Waals surface area contributed by atoms with E-state index in [4.69, 9.17) is 4.74 Å². The van der Waals surface area contributed by atoms with Gasteiger partial charge in [-0.3, -0.25) is 9.79 Å². The lowest BCUT2D eigenvalue weighted by Gasteiger charge is -2.27. The minimum atomic E-state index is -0.547. The molecule has 1 saturated carbocycles. The van der Waals surface area contributed by atoms with Gasteiger partial charge in [-0.1, -0.05) is 0 Å². The van der Waals surface area contributed by atoms with E-state index in [1.165, 1.54) is 0 Å². The van der Waals surface area contributed by atoms with Crippen LogP contribution in [0.3, 0.4) is 0 Å². The number of rotatable bonds is 9. The summed E-state index contributed by atoms with van der Waals surface area (Å²) < 4.78 is 5.29. The molecular weight excluding hydrogens is 346 g/mol. The average Bonchev–Trinajstić information content (AvgIpc) is 3.30. The van der Waals surface area contributed by atoms with Crippen molar-refractivity contribution in [2.75, 3.05) is 19.6 Å². The van der Waals surface area contributed by atoms with Crippen molar-refractivity contribution in [2.24, 2.45) is 4.99 Å². The molecule has 0 saturated heterocycles. The summed E-state index contributed by atoms with van der Waals surface area (Å²) in [6.07, 6.45) is 3.00. The zero-order chi connectivity index (χ0) is 20.5. The Morgan fingerprint density at radius 3 is 2.33 bits per heavy atom. The van der Waals surface area contributed by atoms with Crippen LogP contribution in [-0.2, 0) is 9.53 Å². The van der Waals surface area contributed by atoms with E-state index in [-0.39, 0.29) is 5.91 Å². The van der Waals surface area contributed by atoms with Crippen LogP contribution >= 0.6 is 0 Å². The Hall–Kier alpha value is -1.99.